The molecule has 1 N–H and O–H groups in total. The first-order valence-electron chi connectivity index (χ1n) is 11.0. The molecule has 1 saturated heterocycles. The number of likely N-dealkylation sites (tertiary alicyclic amines) is 1. The average Bonchev–Trinajstić information content (AvgIpc) is 3.42. The number of sulfonamides is 1. The van der Waals surface area contributed by atoms with E-state index in [1.807, 2.05) is 24.1 Å². The van der Waals surface area contributed by atoms with E-state index in [1.54, 1.807) is 34.9 Å². The standard InChI is InChI=1S/C23H28N4O4S2/c1-3-31-21-10-6-5-9-19(21)25-33(29,30)18-13-20(23-24-17(2)16-32-23)27(14-18)15-22(28)26-11-7-4-8-12-26/h5-6,9-10,13-14,16,25H,3-4,7-8,11-12,15H2,1-2H3. The fourth-order valence-electron chi connectivity index (χ4n) is 3.84. The van der Waals surface area contributed by atoms with E-state index in [4.69, 9.17) is 4.74 Å². The van der Waals surface area contributed by atoms with Gasteiger partial charge < -0.3 is 14.2 Å². The molecule has 3 aromatic rings. The first kappa shape index (κ1) is 23.3. The van der Waals surface area contributed by atoms with Crippen LogP contribution in [-0.2, 0) is 21.4 Å². The summed E-state index contributed by atoms with van der Waals surface area (Å²) in [7, 11) is -3.92. The van der Waals surface area contributed by atoms with Crippen molar-refractivity contribution >= 4 is 33.0 Å². The highest BCUT2D eigenvalue weighted by atomic mass is 32.2. The molecule has 0 radical (unpaired) electrons. The van der Waals surface area contributed by atoms with Gasteiger partial charge >= 0.3 is 0 Å². The SMILES string of the molecule is CCOc1ccccc1NS(=O)(=O)c1cc(-c2nc(C)cs2)n(CC(=O)N2CCCCC2)c1. The number of nitrogens with one attached hydrogen (secondary N) is 1. The molecule has 0 atom stereocenters. The Morgan fingerprint density at radius 1 is 1.21 bits per heavy atom. The maximum absolute atomic E-state index is 13.3. The van der Waals surface area contributed by atoms with Crippen LogP contribution in [0.15, 0.2) is 46.8 Å². The lowest BCUT2D eigenvalue weighted by Gasteiger charge is -2.27. The largest absolute Gasteiger partial charge is 0.492 e. The highest BCUT2D eigenvalue weighted by molar-refractivity contribution is 7.92. The lowest BCUT2D eigenvalue weighted by Crippen LogP contribution is -2.37. The van der Waals surface area contributed by atoms with E-state index in [0.717, 1.165) is 38.0 Å². The van der Waals surface area contributed by atoms with Crippen LogP contribution in [0.5, 0.6) is 5.75 Å². The molecular weight excluding hydrogens is 460 g/mol. The number of aromatic nitrogens is 2. The number of carbonyl (C=O) groups excluding carboxylic acids is 1. The number of hydrogen-bond acceptors (Lipinski definition) is 6. The molecule has 33 heavy (non-hydrogen) atoms. The Labute approximate surface area is 198 Å². The number of hydrogen-bond donors (Lipinski definition) is 1. The highest BCUT2D eigenvalue weighted by Crippen LogP contribution is 2.31. The molecule has 0 saturated carbocycles. The van der Waals surface area contributed by atoms with Gasteiger partial charge in [-0.3, -0.25) is 9.52 Å². The Bertz CT molecular complexity index is 1230. The zero-order valence-electron chi connectivity index (χ0n) is 18.8. The van der Waals surface area contributed by atoms with Gasteiger partial charge in [0.15, 0.2) is 0 Å². The molecule has 4 rings (SSSR count). The Morgan fingerprint density at radius 2 is 1.97 bits per heavy atom. The monoisotopic (exact) mass is 488 g/mol. The number of ether oxygens (including phenoxy) is 1. The van der Waals surface area contributed by atoms with E-state index in [9.17, 15) is 13.2 Å². The minimum absolute atomic E-state index is 0.0153. The van der Waals surface area contributed by atoms with Crippen LogP contribution in [0.25, 0.3) is 10.7 Å². The van der Waals surface area contributed by atoms with Crippen molar-refractivity contribution in [3.05, 3.63) is 47.6 Å². The molecule has 0 unspecified atom stereocenters. The molecule has 1 amide bonds. The van der Waals surface area contributed by atoms with Gasteiger partial charge in [-0.15, -0.1) is 11.3 Å². The van der Waals surface area contributed by atoms with Crippen molar-refractivity contribution in [1.82, 2.24) is 14.5 Å². The van der Waals surface area contributed by atoms with Crippen LogP contribution in [0.4, 0.5) is 5.69 Å². The van der Waals surface area contributed by atoms with Crippen LogP contribution < -0.4 is 9.46 Å². The van der Waals surface area contributed by atoms with Crippen LogP contribution in [0, 0.1) is 6.92 Å². The summed E-state index contributed by atoms with van der Waals surface area (Å²) in [5.74, 6) is 0.442. The van der Waals surface area contributed by atoms with Crippen molar-refractivity contribution in [1.29, 1.82) is 0 Å². The van der Waals surface area contributed by atoms with Crippen molar-refractivity contribution in [3.8, 4) is 16.5 Å². The number of thiazole rings is 1. The van der Waals surface area contributed by atoms with Crippen molar-refractivity contribution in [2.75, 3.05) is 24.4 Å². The van der Waals surface area contributed by atoms with Crippen LogP contribution in [-0.4, -0.2) is 48.5 Å². The maximum Gasteiger partial charge on any atom is 0.263 e. The van der Waals surface area contributed by atoms with E-state index >= 15 is 0 Å². The average molecular weight is 489 g/mol. The number of benzene rings is 1. The number of nitrogens with zero attached hydrogens (tertiary/aromatic N) is 3. The molecule has 0 spiro atoms. The Balaban J connectivity index is 1.66. The smallest absolute Gasteiger partial charge is 0.263 e. The number of rotatable bonds is 8. The minimum Gasteiger partial charge on any atom is -0.492 e. The lowest BCUT2D eigenvalue weighted by molar-refractivity contribution is -0.132. The highest BCUT2D eigenvalue weighted by Gasteiger charge is 2.24. The third-order valence-electron chi connectivity index (χ3n) is 5.47. The third kappa shape index (κ3) is 5.39. The molecule has 2 aromatic heterocycles. The molecular formula is C23H28N4O4S2. The van der Waals surface area contributed by atoms with Crippen LogP contribution in [0.1, 0.15) is 31.9 Å². The zero-order chi connectivity index (χ0) is 23.4. The first-order chi connectivity index (χ1) is 15.9. The summed E-state index contributed by atoms with van der Waals surface area (Å²) < 4.78 is 36.4. The first-order valence-corrected chi connectivity index (χ1v) is 13.4. The lowest BCUT2D eigenvalue weighted by atomic mass is 10.1. The zero-order valence-corrected chi connectivity index (χ0v) is 20.4. The normalized spacial score (nSPS) is 14.3. The van der Waals surface area contributed by atoms with Crippen LogP contribution in [0.3, 0.4) is 0 Å². The summed E-state index contributed by atoms with van der Waals surface area (Å²) in [4.78, 5) is 19.4. The van der Waals surface area contributed by atoms with Crippen molar-refractivity contribution in [3.63, 3.8) is 0 Å². The fourth-order valence-corrected chi connectivity index (χ4v) is 5.77. The van der Waals surface area contributed by atoms with Gasteiger partial charge in [-0.2, -0.15) is 0 Å². The molecule has 8 nitrogen and oxygen atoms in total. The topological polar surface area (TPSA) is 93.5 Å². The van der Waals surface area contributed by atoms with E-state index in [-0.39, 0.29) is 17.3 Å². The third-order valence-corrected chi connectivity index (χ3v) is 7.78. The fraction of sp³-hybridized carbons (Fsp3) is 0.391. The minimum atomic E-state index is -3.92. The molecule has 0 aliphatic carbocycles. The van der Waals surface area contributed by atoms with Crippen molar-refractivity contribution in [2.45, 2.75) is 44.6 Å². The molecule has 1 aliphatic heterocycles. The van der Waals surface area contributed by atoms with Crippen LogP contribution in [0.2, 0.25) is 0 Å². The van der Waals surface area contributed by atoms with Gasteiger partial charge in [-0.05, 0) is 51.3 Å². The number of carbonyl (C=O) groups is 1. The number of para-hydroxylation sites is 2. The van der Waals surface area contributed by atoms with Gasteiger partial charge in [0.05, 0.1) is 18.0 Å². The van der Waals surface area contributed by atoms with Gasteiger partial charge in [-0.25, -0.2) is 13.4 Å². The summed E-state index contributed by atoms with van der Waals surface area (Å²) in [6.07, 6.45) is 4.64. The molecule has 1 aliphatic rings. The van der Waals surface area contributed by atoms with Gasteiger partial charge in [0.1, 0.15) is 22.2 Å². The van der Waals surface area contributed by atoms with E-state index in [1.165, 1.54) is 17.5 Å². The van der Waals surface area contributed by atoms with Crippen LogP contribution >= 0.6 is 11.3 Å². The number of piperidine rings is 1. The summed E-state index contributed by atoms with van der Waals surface area (Å²) in [5, 5.41) is 2.58. The maximum atomic E-state index is 13.3. The number of aryl methyl sites for hydroxylation is 1. The van der Waals surface area contributed by atoms with E-state index < -0.39 is 10.0 Å². The quantitative estimate of drug-likeness (QED) is 0.515. The van der Waals surface area contributed by atoms with Gasteiger partial charge in [0.25, 0.3) is 10.0 Å². The summed E-state index contributed by atoms with van der Waals surface area (Å²) in [5.41, 5.74) is 1.82. The predicted molar refractivity (Wildman–Crippen MR) is 129 cm³/mol. The molecule has 1 fully saturated rings. The second kappa shape index (κ2) is 9.96. The van der Waals surface area contributed by atoms with Gasteiger partial charge in [0.2, 0.25) is 5.91 Å². The molecule has 10 heteroatoms. The second-order valence-electron chi connectivity index (χ2n) is 7.96. The number of anilines is 1. The van der Waals surface area contributed by atoms with Crippen molar-refractivity contribution in [2.24, 2.45) is 0 Å². The summed E-state index contributed by atoms with van der Waals surface area (Å²) in [6.45, 7) is 5.70. The molecule has 3 heterocycles. The molecule has 1 aromatic carbocycles. The number of amides is 1. The molecule has 0 bridgehead atoms. The van der Waals surface area contributed by atoms with Crippen molar-refractivity contribution < 1.29 is 17.9 Å². The van der Waals surface area contributed by atoms with E-state index in [0.29, 0.717) is 28.7 Å². The van der Waals surface area contributed by atoms with Gasteiger partial charge in [0, 0.05) is 30.4 Å². The predicted octanol–water partition coefficient (Wildman–Crippen LogP) is 4.13. The Hall–Kier alpha value is -2.85. The van der Waals surface area contributed by atoms with E-state index in [2.05, 4.69) is 9.71 Å². The summed E-state index contributed by atoms with van der Waals surface area (Å²) >= 11 is 1.42. The molecule has 176 valence electrons. The summed E-state index contributed by atoms with van der Waals surface area (Å²) in [6, 6.07) is 8.48. The Kier molecular flexibility index (Phi) is 7.04. The van der Waals surface area contributed by atoms with Gasteiger partial charge in [-0.1, -0.05) is 12.1 Å². The second-order valence-corrected chi connectivity index (χ2v) is 10.5. The Morgan fingerprint density at radius 3 is 2.67 bits per heavy atom.